The first-order valence-corrected chi connectivity index (χ1v) is 1.94. The third-order valence-corrected chi connectivity index (χ3v) is 0. The van der Waals surface area contributed by atoms with Gasteiger partial charge in [-0.05, 0) is 0 Å². The molecule has 0 aliphatic heterocycles. The molecule has 0 amide bonds. The van der Waals surface area contributed by atoms with Gasteiger partial charge in [0, 0.05) is 0 Å². The van der Waals surface area contributed by atoms with Gasteiger partial charge in [-0.25, -0.2) is 0 Å². The van der Waals surface area contributed by atoms with Crippen LogP contribution in [0.4, 0.5) is 0 Å². The Kier molecular flexibility index (Phi) is 85.3. The molecule has 22 valence electrons. The van der Waals surface area contributed by atoms with Gasteiger partial charge in [0.25, 0.3) is 0 Å². The third kappa shape index (κ3) is 9.05. The molecule has 0 aromatic rings. The zero-order valence-corrected chi connectivity index (χ0v) is 5.15. The van der Waals surface area contributed by atoms with Crippen LogP contribution in [0.15, 0.2) is 0 Å². The molecule has 0 atom stereocenters. The molecule has 4 heteroatoms. The van der Waals surface area contributed by atoms with E-state index in [0.717, 1.165) is 0 Å². The van der Waals surface area contributed by atoms with Gasteiger partial charge in [-0.3, -0.25) is 0 Å². The zero-order chi connectivity index (χ0) is 2.00. The van der Waals surface area contributed by atoms with E-state index in [1.54, 1.807) is 0 Å². The van der Waals surface area contributed by atoms with Gasteiger partial charge >= 0.3 is 66.8 Å². The maximum absolute atomic E-state index is 8.42. The van der Waals surface area contributed by atoms with Gasteiger partial charge in [0.1, 0.15) is 0 Å². The Morgan fingerprint density at radius 3 is 1.00 bits per heavy atom. The Hall–Kier alpha value is 1.94. The number of hydrogen-bond acceptors (Lipinski definition) is 1. The molecule has 0 unspecified atom stereocenters. The minimum absolute atomic E-state index is 0. The van der Waals surface area contributed by atoms with Crippen molar-refractivity contribution in [1.29, 1.82) is 0 Å². The van der Waals surface area contributed by atoms with Gasteiger partial charge < -0.3 is 0 Å². The standard InChI is InChI=1S/2Ga.In.O.7H. The average Bonchev–Trinajstić information content (AvgIpc) is 1.00. The molecule has 0 aliphatic carbocycles. The van der Waals surface area contributed by atoms with Crippen molar-refractivity contribution in [3.63, 3.8) is 0 Å². The van der Waals surface area contributed by atoms with Crippen LogP contribution in [0.5, 0.6) is 0 Å². The predicted octanol–water partition coefficient (Wildman–Crippen LogP) is -3.14. The molecule has 0 spiro atoms. The van der Waals surface area contributed by atoms with E-state index in [1.165, 1.54) is 0 Å². The maximum atomic E-state index is 8.42. The first-order valence-electron chi connectivity index (χ1n) is 0.289. The van der Waals surface area contributed by atoms with Gasteiger partial charge in [0.2, 0.25) is 0 Å². The van der Waals surface area contributed by atoms with E-state index < -0.39 is 0 Å². The van der Waals surface area contributed by atoms with Crippen molar-refractivity contribution < 1.29 is 2.85 Å². The second-order valence-electron chi connectivity index (χ2n) is 0. The van der Waals surface area contributed by atoms with Crippen LogP contribution in [0, 0.1) is 0 Å². The van der Waals surface area contributed by atoms with E-state index in [4.69, 9.17) is 2.85 Å². The Bertz CT molecular complexity index is 6.00. The second-order valence-corrected chi connectivity index (χ2v) is 0. The molecule has 0 heterocycles. The fourth-order valence-corrected chi connectivity index (χ4v) is 0. The van der Waals surface area contributed by atoms with Crippen LogP contribution in [0.25, 0.3) is 0 Å². The number of rotatable bonds is 0. The molecular weight excluding hydrogens is 270 g/mol. The van der Waals surface area contributed by atoms with Crippen LogP contribution in [0.1, 0.15) is 0 Å². The second kappa shape index (κ2) is 20.4. The van der Waals surface area contributed by atoms with Gasteiger partial charge in [0.15, 0.2) is 0 Å². The Labute approximate surface area is 66.0 Å². The molecule has 4 heavy (non-hydrogen) atoms. The molecular formula is H7Ga2InO. The summed E-state index contributed by atoms with van der Waals surface area (Å²) in [6.45, 7) is 0. The molecule has 0 saturated heterocycles. The molecule has 0 saturated carbocycles. The quantitative estimate of drug-likeness (QED) is 0.428. The summed E-state index contributed by atoms with van der Waals surface area (Å²) < 4.78 is 8.42. The summed E-state index contributed by atoms with van der Waals surface area (Å²) in [6.07, 6.45) is 0. The third-order valence-electron chi connectivity index (χ3n) is 0. The van der Waals surface area contributed by atoms with Crippen molar-refractivity contribution >= 4 is 64.0 Å². The summed E-state index contributed by atoms with van der Waals surface area (Å²) in [6, 6.07) is 0. The van der Waals surface area contributed by atoms with E-state index in [9.17, 15) is 0 Å². The molecule has 1 nitrogen and oxygen atoms in total. The van der Waals surface area contributed by atoms with Crippen LogP contribution in [0.3, 0.4) is 0 Å². The van der Waals surface area contributed by atoms with Crippen molar-refractivity contribution in [1.82, 2.24) is 0 Å². The van der Waals surface area contributed by atoms with Crippen molar-refractivity contribution in [2.75, 3.05) is 0 Å². The van der Waals surface area contributed by atoms with Crippen molar-refractivity contribution in [3.05, 3.63) is 0 Å². The Morgan fingerprint density at radius 2 is 1.00 bits per heavy atom. The van der Waals surface area contributed by atoms with Crippen LogP contribution in [-0.4, -0.2) is 64.0 Å². The molecule has 0 radical (unpaired) electrons. The SMILES string of the molecule is [GaH3].[GaH3].[O]=[InH]. The van der Waals surface area contributed by atoms with E-state index in [2.05, 4.69) is 0 Å². The first-order chi connectivity index (χ1) is 1.00. The van der Waals surface area contributed by atoms with Crippen LogP contribution in [0.2, 0.25) is 0 Å². The monoisotopic (exact) mass is 276 g/mol. The summed E-state index contributed by atoms with van der Waals surface area (Å²) in [5.41, 5.74) is 0. The van der Waals surface area contributed by atoms with E-state index in [0.29, 0.717) is 0 Å². The molecule has 0 aliphatic rings. The van der Waals surface area contributed by atoms with Crippen molar-refractivity contribution in [3.8, 4) is 0 Å². The summed E-state index contributed by atoms with van der Waals surface area (Å²) in [5, 5.41) is 0. The van der Waals surface area contributed by atoms with E-state index >= 15 is 0 Å². The van der Waals surface area contributed by atoms with Crippen molar-refractivity contribution in [2.24, 2.45) is 0 Å². The van der Waals surface area contributed by atoms with E-state index in [-0.39, 0.29) is 64.0 Å². The topological polar surface area (TPSA) is 17.1 Å². The Balaban J connectivity index is -0.00000000500. The fraction of sp³-hybridized carbons (Fsp3) is 0. The van der Waals surface area contributed by atoms with Crippen LogP contribution >= 0.6 is 0 Å². The van der Waals surface area contributed by atoms with Gasteiger partial charge in [-0.1, -0.05) is 0 Å². The molecule has 0 N–H and O–H groups in total. The van der Waals surface area contributed by atoms with Crippen LogP contribution in [-0.2, 0) is 2.85 Å². The average molecular weight is 277 g/mol. The molecule has 0 aromatic heterocycles. The molecule has 0 aromatic carbocycles. The van der Waals surface area contributed by atoms with Gasteiger partial charge in [0.05, 0.1) is 0 Å². The number of hydrogen-bond donors (Lipinski definition) is 0. The van der Waals surface area contributed by atoms with E-state index in [1.807, 2.05) is 0 Å². The molecule has 0 rings (SSSR count). The summed E-state index contributed by atoms with van der Waals surface area (Å²) in [5.74, 6) is 0. The van der Waals surface area contributed by atoms with Gasteiger partial charge in [-0.15, -0.1) is 0 Å². The Morgan fingerprint density at radius 1 is 1.00 bits per heavy atom. The molecule has 0 bridgehead atoms. The molecule has 0 fully saturated rings. The fourth-order valence-electron chi connectivity index (χ4n) is 0. The minimum atomic E-state index is -0.1000. The first kappa shape index (κ1) is 16.8. The van der Waals surface area contributed by atoms with Crippen LogP contribution < -0.4 is 0 Å². The normalized spacial score (nSPS) is 0.750. The summed E-state index contributed by atoms with van der Waals surface area (Å²) >= 11 is -0.1000. The summed E-state index contributed by atoms with van der Waals surface area (Å²) in [7, 11) is 0. The summed E-state index contributed by atoms with van der Waals surface area (Å²) in [4.78, 5) is 0. The van der Waals surface area contributed by atoms with Crippen molar-refractivity contribution in [2.45, 2.75) is 0 Å². The zero-order valence-electron chi connectivity index (χ0n) is 1.12. The predicted molar refractivity (Wildman–Crippen MR) is 27.7 cm³/mol. The van der Waals surface area contributed by atoms with Gasteiger partial charge in [-0.2, -0.15) is 0 Å².